The number of likely N-dealkylation sites (tertiary alicyclic amines) is 1. The highest BCUT2D eigenvalue weighted by Crippen LogP contribution is 2.34. The van der Waals surface area contributed by atoms with Crippen LogP contribution in [0.3, 0.4) is 0 Å². The van der Waals surface area contributed by atoms with Gasteiger partial charge in [-0.2, -0.15) is 13.5 Å². The monoisotopic (exact) mass is 829 g/mol. The van der Waals surface area contributed by atoms with Crippen molar-refractivity contribution in [2.75, 3.05) is 102 Å². The molecule has 3 saturated heterocycles. The van der Waals surface area contributed by atoms with Gasteiger partial charge < -0.3 is 29.3 Å². The van der Waals surface area contributed by atoms with Crippen molar-refractivity contribution in [3.63, 3.8) is 0 Å². The van der Waals surface area contributed by atoms with Crippen molar-refractivity contribution in [1.29, 1.82) is 0 Å². The number of aryl methyl sites for hydroxylation is 3. The largest absolute Gasteiger partial charge is 0.464 e. The van der Waals surface area contributed by atoms with E-state index in [1.807, 2.05) is 13.0 Å². The molecule has 15 heteroatoms. The molecule has 0 spiro atoms. The molecule has 1 unspecified atom stereocenters. The van der Waals surface area contributed by atoms with Gasteiger partial charge in [0.1, 0.15) is 12.4 Å². The van der Waals surface area contributed by atoms with Gasteiger partial charge in [-0.05, 0) is 105 Å². The van der Waals surface area contributed by atoms with Crippen LogP contribution in [0.2, 0.25) is 0 Å². The molecular formula is C44H59N7O7S. The van der Waals surface area contributed by atoms with Crippen LogP contribution < -0.4 is 10.2 Å². The summed E-state index contributed by atoms with van der Waals surface area (Å²) < 4.78 is 46.5. The fourth-order valence-electron chi connectivity index (χ4n) is 8.30. The molecular weight excluding hydrogens is 771 g/mol. The van der Waals surface area contributed by atoms with Crippen LogP contribution in [0, 0.1) is 12.8 Å². The van der Waals surface area contributed by atoms with Gasteiger partial charge in [-0.1, -0.05) is 23.8 Å². The zero-order chi connectivity index (χ0) is 41.0. The van der Waals surface area contributed by atoms with E-state index in [1.165, 1.54) is 41.8 Å². The molecule has 8 rings (SSSR count). The van der Waals surface area contributed by atoms with Crippen LogP contribution in [0.1, 0.15) is 54.0 Å². The topological polar surface area (TPSA) is 162 Å². The predicted molar refractivity (Wildman–Crippen MR) is 228 cm³/mol. The van der Waals surface area contributed by atoms with Gasteiger partial charge in [0, 0.05) is 81.4 Å². The molecule has 4 aliphatic rings. The number of hydrogen-bond acceptors (Lipinski definition) is 12. The molecule has 4 aromatic rings. The Morgan fingerprint density at radius 3 is 2.49 bits per heavy atom. The molecule has 2 aromatic carbocycles. The van der Waals surface area contributed by atoms with E-state index in [-0.39, 0.29) is 16.8 Å². The number of benzene rings is 2. The van der Waals surface area contributed by atoms with Crippen LogP contribution in [0.5, 0.6) is 0 Å². The Morgan fingerprint density at radius 1 is 0.966 bits per heavy atom. The number of anilines is 2. The smallest absolute Gasteiger partial charge is 0.306 e. The Kier molecular flexibility index (Phi) is 15.0. The number of aromatic nitrogens is 3. The van der Waals surface area contributed by atoms with Crippen molar-refractivity contribution in [1.82, 2.24) is 25.0 Å². The standard InChI is InChI=1S/C37H51N7O4.C7H8O3S/c45-36(48-21-14-42-12-17-46-18-13-42)25-32(30-22-31(35-7-10-39-41-35)24-34(23-30)44-15-19-47-20-16-44)27-43-11-8-28(26-43)3-5-33-6-4-29-2-1-9-38-37(29)40-33;1-6-2-4-7(5-3-6)11(8,9)10/h4,6-7,10,22-24,28,32H,1-3,5,8-9,11-21,25-27H2,(H,38,40)(H,39,41);2-5H,1H3,(H,8,9,10)/t28-,32?;/m1./s1. The summed E-state index contributed by atoms with van der Waals surface area (Å²) in [5.41, 5.74) is 7.88. The third kappa shape index (κ3) is 12.6. The number of aromatic amines is 1. The number of esters is 1. The number of H-pyrrole nitrogens is 1. The fraction of sp³-hybridized carbons (Fsp3) is 0.523. The first kappa shape index (κ1) is 42.7. The second kappa shape index (κ2) is 20.7. The molecule has 6 heterocycles. The average Bonchev–Trinajstić information content (AvgIpc) is 3.97. The first-order valence-electron chi connectivity index (χ1n) is 21.1. The second-order valence-electron chi connectivity index (χ2n) is 16.0. The third-order valence-corrected chi connectivity index (χ3v) is 12.6. The molecule has 318 valence electrons. The van der Waals surface area contributed by atoms with Crippen LogP contribution >= 0.6 is 0 Å². The molecule has 0 aliphatic carbocycles. The van der Waals surface area contributed by atoms with Crippen LogP contribution in [-0.2, 0) is 42.0 Å². The first-order valence-corrected chi connectivity index (χ1v) is 22.5. The van der Waals surface area contributed by atoms with Crippen LogP contribution in [0.15, 0.2) is 71.8 Å². The highest BCUT2D eigenvalue weighted by atomic mass is 32.2. The van der Waals surface area contributed by atoms with Gasteiger partial charge in [-0.25, -0.2) is 4.98 Å². The summed E-state index contributed by atoms with van der Waals surface area (Å²) in [7, 11) is -4.02. The Balaban J connectivity index is 0.000000417. The molecule has 0 saturated carbocycles. The van der Waals surface area contributed by atoms with Gasteiger partial charge in [0.15, 0.2) is 0 Å². The van der Waals surface area contributed by atoms with E-state index in [9.17, 15) is 13.2 Å². The first-order chi connectivity index (χ1) is 28.7. The predicted octanol–water partition coefficient (Wildman–Crippen LogP) is 5.21. The lowest BCUT2D eigenvalue weighted by Gasteiger charge is -2.31. The zero-order valence-electron chi connectivity index (χ0n) is 34.2. The Morgan fingerprint density at radius 2 is 1.75 bits per heavy atom. The number of carbonyl (C=O) groups is 1. The zero-order valence-corrected chi connectivity index (χ0v) is 35.0. The highest BCUT2D eigenvalue weighted by Gasteiger charge is 2.28. The van der Waals surface area contributed by atoms with E-state index < -0.39 is 10.1 Å². The number of fused-ring (bicyclic) bond motifs is 1. The van der Waals surface area contributed by atoms with Crippen LogP contribution in [0.25, 0.3) is 11.3 Å². The van der Waals surface area contributed by atoms with Crippen LogP contribution in [-0.4, -0.2) is 136 Å². The quantitative estimate of drug-likeness (QED) is 0.112. The van der Waals surface area contributed by atoms with Gasteiger partial charge in [0.05, 0.1) is 43.4 Å². The minimum absolute atomic E-state index is 0.00989. The fourth-order valence-corrected chi connectivity index (χ4v) is 8.78. The van der Waals surface area contributed by atoms with Crippen molar-refractivity contribution in [2.45, 2.75) is 56.3 Å². The highest BCUT2D eigenvalue weighted by molar-refractivity contribution is 7.85. The molecule has 4 aliphatic heterocycles. The molecule has 2 atom stereocenters. The summed E-state index contributed by atoms with van der Waals surface area (Å²) in [4.78, 5) is 25.6. The Bertz CT molecular complexity index is 2050. The summed E-state index contributed by atoms with van der Waals surface area (Å²) in [6, 6.07) is 19.2. The van der Waals surface area contributed by atoms with Gasteiger partial charge in [0.25, 0.3) is 10.1 Å². The average molecular weight is 830 g/mol. The summed E-state index contributed by atoms with van der Waals surface area (Å²) in [5.74, 6) is 1.59. The number of nitrogens with zero attached hydrogens (tertiary/aromatic N) is 5. The maximum Gasteiger partial charge on any atom is 0.306 e. The number of morpholine rings is 2. The number of nitrogens with one attached hydrogen (secondary N) is 2. The van der Waals surface area contributed by atoms with E-state index in [0.717, 1.165) is 133 Å². The van der Waals surface area contributed by atoms with Gasteiger partial charge in [-0.3, -0.25) is 19.3 Å². The van der Waals surface area contributed by atoms with Crippen molar-refractivity contribution < 1.29 is 32.0 Å². The maximum atomic E-state index is 13.4. The number of pyridine rings is 1. The minimum atomic E-state index is -4.02. The van der Waals surface area contributed by atoms with E-state index in [2.05, 4.69) is 60.5 Å². The number of rotatable bonds is 14. The molecule has 0 bridgehead atoms. The molecule has 2 aromatic heterocycles. The van der Waals surface area contributed by atoms with Crippen molar-refractivity contribution in [3.8, 4) is 11.3 Å². The molecule has 0 radical (unpaired) electrons. The number of ether oxygens (including phenoxy) is 3. The van der Waals surface area contributed by atoms with Crippen molar-refractivity contribution in [3.05, 3.63) is 89.2 Å². The number of hydrogen-bond donors (Lipinski definition) is 3. The third-order valence-electron chi connectivity index (χ3n) is 11.7. The van der Waals surface area contributed by atoms with Gasteiger partial charge >= 0.3 is 5.97 Å². The summed E-state index contributed by atoms with van der Waals surface area (Å²) in [5, 5.41) is 10.9. The molecule has 59 heavy (non-hydrogen) atoms. The van der Waals surface area contributed by atoms with Gasteiger partial charge in [0.2, 0.25) is 0 Å². The van der Waals surface area contributed by atoms with E-state index in [1.54, 1.807) is 18.3 Å². The molecule has 3 N–H and O–H groups in total. The Labute approximate surface area is 348 Å². The van der Waals surface area contributed by atoms with E-state index in [4.69, 9.17) is 23.7 Å². The summed E-state index contributed by atoms with van der Waals surface area (Å²) in [6.07, 6.45) is 7.75. The van der Waals surface area contributed by atoms with Crippen molar-refractivity contribution >= 4 is 27.6 Å². The molecule has 0 amide bonds. The van der Waals surface area contributed by atoms with Crippen molar-refractivity contribution in [2.24, 2.45) is 5.92 Å². The van der Waals surface area contributed by atoms with Crippen LogP contribution in [0.4, 0.5) is 11.5 Å². The lowest BCUT2D eigenvalue weighted by Crippen LogP contribution is -2.38. The van der Waals surface area contributed by atoms with Gasteiger partial charge in [-0.15, -0.1) is 0 Å². The summed E-state index contributed by atoms with van der Waals surface area (Å²) in [6.45, 7) is 13.3. The summed E-state index contributed by atoms with van der Waals surface area (Å²) >= 11 is 0. The minimum Gasteiger partial charge on any atom is -0.464 e. The van der Waals surface area contributed by atoms with E-state index in [0.29, 0.717) is 18.9 Å². The number of carbonyl (C=O) groups excluding carboxylic acids is 1. The maximum absolute atomic E-state index is 13.4. The molecule has 3 fully saturated rings. The normalized spacial score (nSPS) is 19.3. The van der Waals surface area contributed by atoms with E-state index >= 15 is 0 Å². The lowest BCUT2D eigenvalue weighted by molar-refractivity contribution is -0.144. The second-order valence-corrected chi connectivity index (χ2v) is 17.5. The lowest BCUT2D eigenvalue weighted by atomic mass is 9.92. The molecule has 14 nitrogen and oxygen atoms in total. The Hall–Kier alpha value is -4.38. The SMILES string of the molecule is Cc1ccc(S(=O)(=O)O)cc1.O=C(CC(CN1CC[C@@H](CCc2ccc3c(n2)NCCC3)C1)c1cc(-c2ccn[nH]2)cc(N2CCOCC2)c1)OCCN1CCOCC1.